The minimum atomic E-state index is -4.35. The van der Waals surface area contributed by atoms with Crippen LogP contribution in [-0.2, 0) is 19.6 Å². The Morgan fingerprint density at radius 2 is 2.31 bits per heavy atom. The summed E-state index contributed by atoms with van der Waals surface area (Å²) < 4.78 is 39.1. The van der Waals surface area contributed by atoms with E-state index in [0.717, 1.165) is 19.4 Å². The third-order valence-electron chi connectivity index (χ3n) is 2.80. The molecule has 0 aromatic carbocycles. The summed E-state index contributed by atoms with van der Waals surface area (Å²) >= 11 is 0. The standard InChI is InChI=1S/C10H14F3N3/c1-16-6-7(5-8-3-2-4-14-8)9(15-16)10(11,12)13/h6,8,14H,2-5H2,1H3. The predicted octanol–water partition coefficient (Wildman–Crippen LogP) is 1.73. The lowest BCUT2D eigenvalue weighted by Gasteiger charge is -2.10. The second kappa shape index (κ2) is 4.08. The maximum absolute atomic E-state index is 12.6. The lowest BCUT2D eigenvalue weighted by atomic mass is 10.1. The van der Waals surface area contributed by atoms with E-state index >= 15 is 0 Å². The third-order valence-corrected chi connectivity index (χ3v) is 2.80. The highest BCUT2D eigenvalue weighted by Crippen LogP contribution is 2.31. The van der Waals surface area contributed by atoms with E-state index in [9.17, 15) is 13.2 Å². The molecule has 1 aliphatic rings. The number of hydrogen-bond acceptors (Lipinski definition) is 2. The number of aryl methyl sites for hydroxylation is 1. The molecule has 6 heteroatoms. The smallest absolute Gasteiger partial charge is 0.314 e. The zero-order valence-corrected chi connectivity index (χ0v) is 9.01. The Balaban J connectivity index is 2.19. The second-order valence-electron chi connectivity index (χ2n) is 4.17. The molecule has 2 heterocycles. The molecule has 1 aromatic rings. The Labute approximate surface area is 91.6 Å². The largest absolute Gasteiger partial charge is 0.435 e. The van der Waals surface area contributed by atoms with Crippen molar-refractivity contribution in [2.75, 3.05) is 6.54 Å². The van der Waals surface area contributed by atoms with Crippen LogP contribution in [0.4, 0.5) is 13.2 Å². The average molecular weight is 233 g/mol. The van der Waals surface area contributed by atoms with Gasteiger partial charge in [-0.1, -0.05) is 0 Å². The van der Waals surface area contributed by atoms with Crippen molar-refractivity contribution >= 4 is 0 Å². The summed E-state index contributed by atoms with van der Waals surface area (Å²) in [5.41, 5.74) is -0.460. The predicted molar refractivity (Wildman–Crippen MR) is 52.9 cm³/mol. The summed E-state index contributed by atoms with van der Waals surface area (Å²) in [7, 11) is 1.51. The van der Waals surface area contributed by atoms with Gasteiger partial charge in [-0.2, -0.15) is 18.3 Å². The summed E-state index contributed by atoms with van der Waals surface area (Å²) in [5, 5.41) is 6.68. The van der Waals surface area contributed by atoms with Gasteiger partial charge in [-0.3, -0.25) is 4.68 Å². The molecule has 0 amide bonds. The molecule has 1 aliphatic heterocycles. The van der Waals surface area contributed by atoms with Gasteiger partial charge in [0.25, 0.3) is 0 Å². The molecule has 90 valence electrons. The van der Waals surface area contributed by atoms with E-state index in [4.69, 9.17) is 0 Å². The van der Waals surface area contributed by atoms with Crippen LogP contribution in [-0.4, -0.2) is 22.4 Å². The zero-order valence-electron chi connectivity index (χ0n) is 9.01. The third kappa shape index (κ3) is 2.37. The van der Waals surface area contributed by atoms with E-state index < -0.39 is 11.9 Å². The number of nitrogens with one attached hydrogen (secondary N) is 1. The summed E-state index contributed by atoms with van der Waals surface area (Å²) in [6.45, 7) is 0.895. The highest BCUT2D eigenvalue weighted by Gasteiger charge is 2.37. The van der Waals surface area contributed by atoms with E-state index in [1.54, 1.807) is 0 Å². The fourth-order valence-electron chi connectivity index (χ4n) is 2.12. The lowest BCUT2D eigenvalue weighted by molar-refractivity contribution is -0.142. The molecule has 1 atom stereocenters. The van der Waals surface area contributed by atoms with E-state index in [0.29, 0.717) is 6.42 Å². The molecule has 0 radical (unpaired) electrons. The number of aromatic nitrogens is 2. The highest BCUT2D eigenvalue weighted by molar-refractivity contribution is 5.21. The molecule has 0 aliphatic carbocycles. The highest BCUT2D eigenvalue weighted by atomic mass is 19.4. The molecular formula is C10H14F3N3. The first-order valence-electron chi connectivity index (χ1n) is 5.30. The van der Waals surface area contributed by atoms with Gasteiger partial charge in [0.1, 0.15) is 0 Å². The van der Waals surface area contributed by atoms with Gasteiger partial charge in [-0.05, 0) is 25.8 Å². The molecule has 1 fully saturated rings. The van der Waals surface area contributed by atoms with Crippen LogP contribution in [0.25, 0.3) is 0 Å². The lowest BCUT2D eigenvalue weighted by Crippen LogP contribution is -2.24. The molecule has 0 spiro atoms. The van der Waals surface area contributed by atoms with Gasteiger partial charge in [-0.15, -0.1) is 0 Å². The maximum Gasteiger partial charge on any atom is 0.435 e. The first kappa shape index (κ1) is 11.4. The van der Waals surface area contributed by atoms with Crippen LogP contribution < -0.4 is 5.32 Å². The average Bonchev–Trinajstić information content (AvgIpc) is 2.74. The van der Waals surface area contributed by atoms with E-state index in [1.165, 1.54) is 17.9 Å². The Hall–Kier alpha value is -1.04. The molecular weight excluding hydrogens is 219 g/mol. The van der Waals surface area contributed by atoms with Crippen LogP contribution in [0.5, 0.6) is 0 Å². The molecule has 1 N–H and O–H groups in total. The molecule has 1 saturated heterocycles. The van der Waals surface area contributed by atoms with Crippen LogP contribution in [0.1, 0.15) is 24.1 Å². The van der Waals surface area contributed by atoms with Gasteiger partial charge in [0, 0.05) is 24.8 Å². The minimum Gasteiger partial charge on any atom is -0.314 e. The second-order valence-corrected chi connectivity index (χ2v) is 4.17. The van der Waals surface area contributed by atoms with Crippen molar-refractivity contribution in [1.29, 1.82) is 0 Å². The van der Waals surface area contributed by atoms with Gasteiger partial charge < -0.3 is 5.32 Å². The molecule has 0 bridgehead atoms. The normalized spacial score (nSPS) is 21.6. The Morgan fingerprint density at radius 3 is 2.88 bits per heavy atom. The fourth-order valence-corrected chi connectivity index (χ4v) is 2.12. The van der Waals surface area contributed by atoms with Crippen LogP contribution in [0.15, 0.2) is 6.20 Å². The number of alkyl halides is 3. The van der Waals surface area contributed by atoms with Gasteiger partial charge in [0.2, 0.25) is 0 Å². The molecule has 1 unspecified atom stereocenters. The molecule has 3 nitrogen and oxygen atoms in total. The van der Waals surface area contributed by atoms with Crippen molar-refractivity contribution in [3.8, 4) is 0 Å². The fraction of sp³-hybridized carbons (Fsp3) is 0.700. The van der Waals surface area contributed by atoms with Crippen molar-refractivity contribution in [2.45, 2.75) is 31.5 Å². The van der Waals surface area contributed by atoms with Gasteiger partial charge in [0.15, 0.2) is 5.69 Å². The van der Waals surface area contributed by atoms with Crippen molar-refractivity contribution in [3.63, 3.8) is 0 Å². The number of nitrogens with zero attached hydrogens (tertiary/aromatic N) is 2. The first-order chi connectivity index (χ1) is 7.47. The molecule has 1 aromatic heterocycles. The Kier molecular flexibility index (Phi) is 2.92. The number of rotatable bonds is 2. The SMILES string of the molecule is Cn1cc(CC2CCCN2)c(C(F)(F)F)n1. The quantitative estimate of drug-likeness (QED) is 0.843. The summed E-state index contributed by atoms with van der Waals surface area (Å²) in [4.78, 5) is 0. The molecule has 16 heavy (non-hydrogen) atoms. The van der Waals surface area contributed by atoms with Crippen LogP contribution in [0, 0.1) is 0 Å². The summed E-state index contributed by atoms with van der Waals surface area (Å²) in [6.07, 6.45) is -0.515. The maximum atomic E-state index is 12.6. The topological polar surface area (TPSA) is 29.9 Å². The summed E-state index contributed by atoms with van der Waals surface area (Å²) in [5.74, 6) is 0. The van der Waals surface area contributed by atoms with Crippen LogP contribution in [0.3, 0.4) is 0 Å². The first-order valence-corrected chi connectivity index (χ1v) is 5.30. The van der Waals surface area contributed by atoms with Crippen molar-refractivity contribution in [2.24, 2.45) is 7.05 Å². The Morgan fingerprint density at radius 1 is 1.56 bits per heavy atom. The molecule has 2 rings (SSSR count). The zero-order chi connectivity index (χ0) is 11.8. The molecule has 0 saturated carbocycles. The van der Waals surface area contributed by atoms with Crippen molar-refractivity contribution < 1.29 is 13.2 Å². The van der Waals surface area contributed by atoms with E-state index in [-0.39, 0.29) is 11.6 Å². The van der Waals surface area contributed by atoms with Crippen molar-refractivity contribution in [1.82, 2.24) is 15.1 Å². The summed E-state index contributed by atoms with van der Waals surface area (Å²) in [6, 6.07) is 0.158. The number of halogens is 3. The Bertz CT molecular complexity index is 364. The van der Waals surface area contributed by atoms with E-state index in [1.807, 2.05) is 0 Å². The van der Waals surface area contributed by atoms with Crippen molar-refractivity contribution in [3.05, 3.63) is 17.5 Å². The van der Waals surface area contributed by atoms with Crippen LogP contribution in [0.2, 0.25) is 0 Å². The number of hydrogen-bond donors (Lipinski definition) is 1. The van der Waals surface area contributed by atoms with E-state index in [2.05, 4.69) is 10.4 Å². The van der Waals surface area contributed by atoms with Crippen LogP contribution >= 0.6 is 0 Å². The monoisotopic (exact) mass is 233 g/mol. The minimum absolute atomic E-state index is 0.158. The van der Waals surface area contributed by atoms with Gasteiger partial charge in [-0.25, -0.2) is 0 Å². The van der Waals surface area contributed by atoms with Gasteiger partial charge >= 0.3 is 6.18 Å². The van der Waals surface area contributed by atoms with Gasteiger partial charge in [0.05, 0.1) is 0 Å².